The van der Waals surface area contributed by atoms with Crippen LogP contribution in [0.1, 0.15) is 0 Å². The Morgan fingerprint density at radius 1 is 1.24 bits per heavy atom. The molecule has 1 heterocycles. The van der Waals surface area contributed by atoms with E-state index in [2.05, 4.69) is 15.0 Å². The first-order valence-electron chi connectivity index (χ1n) is 6.55. The number of hydrogen-bond acceptors (Lipinski definition) is 5. The molecular formula is C13H19N3O4S. The van der Waals surface area contributed by atoms with Crippen molar-refractivity contribution in [2.45, 2.75) is 0 Å². The van der Waals surface area contributed by atoms with E-state index < -0.39 is 16.1 Å². The Kier molecular flexibility index (Phi) is 4.69. The van der Waals surface area contributed by atoms with Gasteiger partial charge in [0.1, 0.15) is 0 Å². The van der Waals surface area contributed by atoms with Crippen LogP contribution in [0, 0.1) is 0 Å². The van der Waals surface area contributed by atoms with Crippen LogP contribution >= 0.6 is 0 Å². The number of nitrogens with zero attached hydrogens (tertiary/aromatic N) is 2. The SMILES string of the molecule is COC(=O)Nc1cccc(N2CCN(S(C)(=O)=O)CC2)c1. The third-order valence-corrected chi connectivity index (χ3v) is 4.65. The third kappa shape index (κ3) is 4.08. The van der Waals surface area contributed by atoms with Gasteiger partial charge in [0.2, 0.25) is 10.0 Å². The molecule has 0 unspecified atom stereocenters. The molecule has 1 aliphatic heterocycles. The molecule has 2 rings (SSSR count). The molecule has 116 valence electrons. The van der Waals surface area contributed by atoms with Crippen LogP contribution in [0.2, 0.25) is 0 Å². The molecule has 0 spiro atoms. The number of nitrogens with one attached hydrogen (secondary N) is 1. The van der Waals surface area contributed by atoms with Gasteiger partial charge in [0.15, 0.2) is 0 Å². The lowest BCUT2D eigenvalue weighted by Crippen LogP contribution is -2.48. The monoisotopic (exact) mass is 313 g/mol. The summed E-state index contributed by atoms with van der Waals surface area (Å²) in [5, 5.41) is 2.61. The van der Waals surface area contributed by atoms with Gasteiger partial charge in [-0.3, -0.25) is 5.32 Å². The second-order valence-corrected chi connectivity index (χ2v) is 6.80. The van der Waals surface area contributed by atoms with Gasteiger partial charge in [0.25, 0.3) is 0 Å². The highest BCUT2D eigenvalue weighted by atomic mass is 32.2. The summed E-state index contributed by atoms with van der Waals surface area (Å²) in [5.74, 6) is 0. The van der Waals surface area contributed by atoms with Crippen LogP contribution < -0.4 is 10.2 Å². The molecule has 0 aliphatic carbocycles. The van der Waals surface area contributed by atoms with Crippen molar-refractivity contribution in [2.24, 2.45) is 0 Å². The first-order chi connectivity index (χ1) is 9.90. The van der Waals surface area contributed by atoms with E-state index >= 15 is 0 Å². The molecule has 1 aliphatic rings. The van der Waals surface area contributed by atoms with E-state index in [0.717, 1.165) is 5.69 Å². The fourth-order valence-corrected chi connectivity index (χ4v) is 3.05. The molecule has 21 heavy (non-hydrogen) atoms. The number of hydrogen-bond donors (Lipinski definition) is 1. The fraction of sp³-hybridized carbons (Fsp3) is 0.462. The van der Waals surface area contributed by atoms with E-state index in [1.807, 2.05) is 18.2 Å². The van der Waals surface area contributed by atoms with E-state index in [1.165, 1.54) is 17.7 Å². The number of piperazine rings is 1. The van der Waals surface area contributed by atoms with Gasteiger partial charge in [-0.25, -0.2) is 13.2 Å². The Morgan fingerprint density at radius 3 is 2.48 bits per heavy atom. The lowest BCUT2D eigenvalue weighted by atomic mass is 10.2. The minimum Gasteiger partial charge on any atom is -0.453 e. The summed E-state index contributed by atoms with van der Waals surface area (Å²) >= 11 is 0. The van der Waals surface area contributed by atoms with Gasteiger partial charge in [-0.1, -0.05) is 6.07 Å². The lowest BCUT2D eigenvalue weighted by molar-refractivity contribution is 0.187. The Morgan fingerprint density at radius 2 is 1.90 bits per heavy atom. The lowest BCUT2D eigenvalue weighted by Gasteiger charge is -2.34. The highest BCUT2D eigenvalue weighted by Crippen LogP contribution is 2.21. The molecule has 1 saturated heterocycles. The van der Waals surface area contributed by atoms with Crippen molar-refractivity contribution < 1.29 is 17.9 Å². The van der Waals surface area contributed by atoms with E-state index in [9.17, 15) is 13.2 Å². The van der Waals surface area contributed by atoms with Crippen LogP contribution in [0.25, 0.3) is 0 Å². The summed E-state index contributed by atoms with van der Waals surface area (Å²) in [6, 6.07) is 7.38. The second kappa shape index (κ2) is 6.31. The minimum absolute atomic E-state index is 0.466. The van der Waals surface area contributed by atoms with Crippen molar-refractivity contribution in [2.75, 3.05) is 49.8 Å². The van der Waals surface area contributed by atoms with Crippen molar-refractivity contribution in [3.05, 3.63) is 24.3 Å². The van der Waals surface area contributed by atoms with E-state index in [4.69, 9.17) is 0 Å². The quantitative estimate of drug-likeness (QED) is 0.898. The first-order valence-corrected chi connectivity index (χ1v) is 8.40. The number of ether oxygens (including phenoxy) is 1. The molecule has 1 aromatic rings. The number of amides is 1. The fourth-order valence-electron chi connectivity index (χ4n) is 2.23. The maximum Gasteiger partial charge on any atom is 0.411 e. The van der Waals surface area contributed by atoms with Gasteiger partial charge in [-0.2, -0.15) is 4.31 Å². The maximum absolute atomic E-state index is 11.5. The van der Waals surface area contributed by atoms with Crippen LogP contribution in [0.4, 0.5) is 16.2 Å². The Labute approximate surface area is 124 Å². The van der Waals surface area contributed by atoms with E-state index in [0.29, 0.717) is 31.9 Å². The van der Waals surface area contributed by atoms with Crippen LogP contribution in [0.3, 0.4) is 0 Å². The average Bonchev–Trinajstić information content (AvgIpc) is 2.46. The average molecular weight is 313 g/mol. The van der Waals surface area contributed by atoms with Gasteiger partial charge in [0.05, 0.1) is 13.4 Å². The predicted octanol–water partition coefficient (Wildman–Crippen LogP) is 0.946. The van der Waals surface area contributed by atoms with Crippen molar-refractivity contribution in [3.8, 4) is 0 Å². The van der Waals surface area contributed by atoms with Gasteiger partial charge in [-0.05, 0) is 18.2 Å². The second-order valence-electron chi connectivity index (χ2n) is 4.82. The highest BCUT2D eigenvalue weighted by Gasteiger charge is 2.23. The largest absolute Gasteiger partial charge is 0.453 e. The van der Waals surface area contributed by atoms with Gasteiger partial charge >= 0.3 is 6.09 Å². The molecule has 8 heteroatoms. The summed E-state index contributed by atoms with van der Waals surface area (Å²) in [5.41, 5.74) is 1.59. The number of sulfonamides is 1. The number of rotatable bonds is 3. The minimum atomic E-state index is -3.13. The number of methoxy groups -OCH3 is 1. The number of carbonyl (C=O) groups is 1. The molecule has 1 aromatic carbocycles. The summed E-state index contributed by atoms with van der Waals surface area (Å²) in [6.07, 6.45) is 0.706. The molecule has 1 fully saturated rings. The highest BCUT2D eigenvalue weighted by molar-refractivity contribution is 7.88. The summed E-state index contributed by atoms with van der Waals surface area (Å²) in [7, 11) is -1.82. The number of benzene rings is 1. The van der Waals surface area contributed by atoms with Crippen molar-refractivity contribution in [3.63, 3.8) is 0 Å². The molecule has 0 atom stereocenters. The molecule has 0 radical (unpaired) electrons. The first kappa shape index (κ1) is 15.6. The molecule has 0 bridgehead atoms. The van der Waals surface area contributed by atoms with Gasteiger partial charge < -0.3 is 9.64 Å². The zero-order valence-electron chi connectivity index (χ0n) is 12.1. The maximum atomic E-state index is 11.5. The van der Waals surface area contributed by atoms with Crippen LogP contribution in [-0.4, -0.2) is 58.4 Å². The summed E-state index contributed by atoms with van der Waals surface area (Å²) < 4.78 is 29.0. The molecular weight excluding hydrogens is 294 g/mol. The molecule has 0 saturated carbocycles. The van der Waals surface area contributed by atoms with Crippen molar-refractivity contribution in [1.82, 2.24) is 4.31 Å². The molecule has 0 aromatic heterocycles. The van der Waals surface area contributed by atoms with Crippen LogP contribution in [-0.2, 0) is 14.8 Å². The zero-order valence-corrected chi connectivity index (χ0v) is 12.9. The van der Waals surface area contributed by atoms with E-state index in [-0.39, 0.29) is 0 Å². The molecule has 1 N–H and O–H groups in total. The van der Waals surface area contributed by atoms with Crippen LogP contribution in [0.15, 0.2) is 24.3 Å². The Hall–Kier alpha value is -1.80. The smallest absolute Gasteiger partial charge is 0.411 e. The third-order valence-electron chi connectivity index (χ3n) is 3.35. The number of carbonyl (C=O) groups excluding carboxylic acids is 1. The summed E-state index contributed by atoms with van der Waals surface area (Å²) in [4.78, 5) is 13.3. The van der Waals surface area contributed by atoms with Crippen LogP contribution in [0.5, 0.6) is 0 Å². The Balaban J connectivity index is 2.03. The standard InChI is InChI=1S/C13H19N3O4S/c1-20-13(17)14-11-4-3-5-12(10-11)15-6-8-16(9-7-15)21(2,18)19/h3-5,10H,6-9H2,1-2H3,(H,14,17). The molecule has 7 nitrogen and oxygen atoms in total. The van der Waals surface area contributed by atoms with Gasteiger partial charge in [-0.15, -0.1) is 0 Å². The topological polar surface area (TPSA) is 79.0 Å². The normalized spacial score (nSPS) is 16.6. The predicted molar refractivity (Wildman–Crippen MR) is 81.1 cm³/mol. The molecule has 1 amide bonds. The van der Waals surface area contributed by atoms with Gasteiger partial charge in [0, 0.05) is 37.6 Å². The Bertz CT molecular complexity index is 610. The van der Waals surface area contributed by atoms with Crippen molar-refractivity contribution in [1.29, 1.82) is 0 Å². The zero-order chi connectivity index (χ0) is 15.5. The van der Waals surface area contributed by atoms with Crippen molar-refractivity contribution >= 4 is 27.5 Å². The van der Waals surface area contributed by atoms with E-state index in [1.54, 1.807) is 6.07 Å². The number of anilines is 2. The summed E-state index contributed by atoms with van der Waals surface area (Å²) in [6.45, 7) is 2.17.